The van der Waals surface area contributed by atoms with Gasteiger partial charge in [0.25, 0.3) is 5.91 Å². The molecule has 0 spiro atoms. The van der Waals surface area contributed by atoms with Gasteiger partial charge in [-0.2, -0.15) is 10.4 Å². The molecule has 14 heteroatoms. The summed E-state index contributed by atoms with van der Waals surface area (Å²) in [6, 6.07) is 19.8. The standard InChI is InChI=1S/C47H52FN9O4/c1-46(2)43(47(3,4)44(46)61-39-13-11-31(26-49)41-33(39)7-6-19-50-41)53-42(59)30-10-12-38(35(48)25-30)55-22-14-29(15-23-55)28-54-20-16-32(17-21-54)57-37-9-5-8-36(34(37)27-51-57)56-24-18-40(58)52-45(56)60/h5-13,19,25,27,29,32,43-44H,14-18,20-24,28H2,1-4H3,(H,53,59)(H,52,58,60). The number of pyridine rings is 1. The quantitative estimate of drug-likeness (QED) is 0.157. The monoisotopic (exact) mass is 825 g/mol. The first-order valence-electron chi connectivity index (χ1n) is 21.4. The van der Waals surface area contributed by atoms with E-state index in [2.05, 4.69) is 63.9 Å². The predicted molar refractivity (Wildman–Crippen MR) is 231 cm³/mol. The Labute approximate surface area is 354 Å². The molecule has 0 atom stereocenters. The molecule has 13 nitrogen and oxygen atoms in total. The summed E-state index contributed by atoms with van der Waals surface area (Å²) in [7, 11) is 0. The molecule has 4 aliphatic rings. The highest BCUT2D eigenvalue weighted by Gasteiger charge is 2.64. The van der Waals surface area contributed by atoms with Crippen LogP contribution in [0.25, 0.3) is 21.8 Å². The van der Waals surface area contributed by atoms with E-state index in [9.17, 15) is 19.6 Å². The first kappa shape index (κ1) is 40.3. The van der Waals surface area contributed by atoms with Crippen molar-refractivity contribution in [2.75, 3.05) is 49.1 Å². The van der Waals surface area contributed by atoms with Crippen molar-refractivity contribution in [1.29, 1.82) is 5.26 Å². The fourth-order valence-corrected chi connectivity index (χ4v) is 10.8. The lowest BCUT2D eigenvalue weighted by atomic mass is 9.49. The van der Waals surface area contributed by atoms with E-state index in [1.165, 1.54) is 6.07 Å². The highest BCUT2D eigenvalue weighted by molar-refractivity contribution is 6.09. The Hall–Kier alpha value is -6.07. The minimum Gasteiger partial charge on any atom is -0.488 e. The van der Waals surface area contributed by atoms with Gasteiger partial charge in [0.05, 0.1) is 40.2 Å². The molecule has 3 aliphatic heterocycles. The molecule has 5 heterocycles. The Morgan fingerprint density at radius 2 is 1.70 bits per heavy atom. The molecule has 61 heavy (non-hydrogen) atoms. The Morgan fingerprint density at radius 3 is 2.43 bits per heavy atom. The number of urea groups is 1. The minimum atomic E-state index is -0.445. The van der Waals surface area contributed by atoms with Crippen LogP contribution < -0.4 is 25.2 Å². The smallest absolute Gasteiger partial charge is 0.328 e. The number of hydrogen-bond acceptors (Lipinski definition) is 9. The number of nitrogens with zero attached hydrogens (tertiary/aromatic N) is 7. The number of imide groups is 1. The van der Waals surface area contributed by atoms with Crippen LogP contribution in [0.4, 0.5) is 20.6 Å². The van der Waals surface area contributed by atoms with Crippen molar-refractivity contribution in [3.8, 4) is 11.8 Å². The third-order valence-electron chi connectivity index (χ3n) is 13.8. The zero-order valence-electron chi connectivity index (χ0n) is 35.2. The Kier molecular flexibility index (Phi) is 10.4. The van der Waals surface area contributed by atoms with Gasteiger partial charge in [-0.05, 0) is 86.2 Å². The van der Waals surface area contributed by atoms with E-state index in [1.807, 2.05) is 42.6 Å². The van der Waals surface area contributed by atoms with Crippen LogP contribution in [0.15, 0.2) is 73.1 Å². The van der Waals surface area contributed by atoms with E-state index in [0.29, 0.717) is 35.0 Å². The Bertz CT molecular complexity index is 2550. The van der Waals surface area contributed by atoms with Gasteiger partial charge >= 0.3 is 6.03 Å². The van der Waals surface area contributed by atoms with Crippen LogP contribution in [0.2, 0.25) is 0 Å². The zero-order valence-corrected chi connectivity index (χ0v) is 35.2. The number of carbonyl (C=O) groups excluding carboxylic acids is 3. The fraction of sp³-hybridized carbons (Fsp3) is 0.447. The lowest BCUT2D eigenvalue weighted by molar-refractivity contribution is -0.163. The van der Waals surface area contributed by atoms with E-state index >= 15 is 4.39 Å². The molecular weight excluding hydrogens is 774 g/mol. The van der Waals surface area contributed by atoms with Gasteiger partial charge in [-0.15, -0.1) is 0 Å². The molecule has 0 bridgehead atoms. The number of hydrogen-bond donors (Lipinski definition) is 2. The second-order valence-corrected chi connectivity index (χ2v) is 18.4. The maximum Gasteiger partial charge on any atom is 0.328 e. The average molecular weight is 826 g/mol. The van der Waals surface area contributed by atoms with E-state index < -0.39 is 22.7 Å². The molecule has 0 unspecified atom stereocenters. The Morgan fingerprint density at radius 1 is 0.934 bits per heavy atom. The number of anilines is 2. The van der Waals surface area contributed by atoms with Crippen molar-refractivity contribution in [2.24, 2.45) is 16.7 Å². The summed E-state index contributed by atoms with van der Waals surface area (Å²) in [5.41, 5.74) is 2.77. The number of nitrogens with one attached hydrogen (secondary N) is 2. The Balaban J connectivity index is 0.765. The number of halogens is 1. The van der Waals surface area contributed by atoms with Crippen LogP contribution in [0.1, 0.15) is 81.8 Å². The molecule has 0 radical (unpaired) electrons. The normalized spacial score (nSPS) is 22.2. The molecule has 4 amide bonds. The summed E-state index contributed by atoms with van der Waals surface area (Å²) in [5.74, 6) is 0.200. The van der Waals surface area contributed by atoms with Crippen LogP contribution in [0.3, 0.4) is 0 Å². The first-order valence-corrected chi connectivity index (χ1v) is 21.4. The highest BCUT2D eigenvalue weighted by Crippen LogP contribution is 2.56. The molecule has 1 aliphatic carbocycles. The van der Waals surface area contributed by atoms with Gasteiger partial charge in [-0.1, -0.05) is 33.8 Å². The van der Waals surface area contributed by atoms with Crippen molar-refractivity contribution >= 4 is 51.0 Å². The van der Waals surface area contributed by atoms with Gasteiger partial charge in [0.2, 0.25) is 5.91 Å². The number of fused-ring (bicyclic) bond motifs is 2. The van der Waals surface area contributed by atoms with Crippen LogP contribution in [-0.2, 0) is 4.79 Å². The topological polar surface area (TPSA) is 149 Å². The summed E-state index contributed by atoms with van der Waals surface area (Å²) < 4.78 is 24.5. The summed E-state index contributed by atoms with van der Waals surface area (Å²) in [5, 5.41) is 21.6. The van der Waals surface area contributed by atoms with Gasteiger partial charge in [-0.3, -0.25) is 29.5 Å². The number of piperidine rings is 2. The average Bonchev–Trinajstić information content (AvgIpc) is 3.70. The number of amides is 4. The molecule has 4 fully saturated rings. The number of aromatic nitrogens is 3. The van der Waals surface area contributed by atoms with Gasteiger partial charge < -0.3 is 19.9 Å². The highest BCUT2D eigenvalue weighted by atomic mass is 19.1. The lowest BCUT2D eigenvalue weighted by Crippen LogP contribution is -2.74. The number of rotatable bonds is 9. The molecule has 9 rings (SSSR count). The number of ether oxygens (including phenoxy) is 1. The minimum absolute atomic E-state index is 0.239. The number of nitriles is 1. The summed E-state index contributed by atoms with van der Waals surface area (Å²) >= 11 is 0. The predicted octanol–water partition coefficient (Wildman–Crippen LogP) is 7.21. The van der Waals surface area contributed by atoms with Crippen LogP contribution in [-0.4, -0.2) is 88.9 Å². The zero-order chi connectivity index (χ0) is 42.6. The molecule has 316 valence electrons. The number of carbonyl (C=O) groups is 3. The maximum atomic E-state index is 15.8. The van der Waals surface area contributed by atoms with Crippen LogP contribution >= 0.6 is 0 Å². The van der Waals surface area contributed by atoms with Crippen molar-refractivity contribution < 1.29 is 23.5 Å². The third-order valence-corrected chi connectivity index (χ3v) is 13.8. The van der Waals surface area contributed by atoms with Crippen molar-refractivity contribution in [1.82, 2.24) is 30.3 Å². The molecule has 1 saturated carbocycles. The van der Waals surface area contributed by atoms with Crippen molar-refractivity contribution in [2.45, 2.75) is 78.0 Å². The van der Waals surface area contributed by atoms with E-state index in [-0.39, 0.29) is 42.0 Å². The number of likely N-dealkylation sites (tertiary alicyclic amines) is 1. The second kappa shape index (κ2) is 15.8. The summed E-state index contributed by atoms with van der Waals surface area (Å²) in [6.45, 7) is 13.1. The molecule has 3 saturated heterocycles. The summed E-state index contributed by atoms with van der Waals surface area (Å²) in [6.07, 6.45) is 7.40. The fourth-order valence-electron chi connectivity index (χ4n) is 10.8. The molecular formula is C47H52FN9O4. The van der Waals surface area contributed by atoms with E-state index in [1.54, 1.807) is 29.3 Å². The lowest BCUT2D eigenvalue weighted by Gasteiger charge is -2.63. The van der Waals surface area contributed by atoms with Gasteiger partial charge in [-0.25, -0.2) is 9.18 Å². The van der Waals surface area contributed by atoms with Gasteiger partial charge in [0.15, 0.2) is 0 Å². The molecule has 2 aromatic heterocycles. The van der Waals surface area contributed by atoms with Crippen molar-refractivity contribution in [3.63, 3.8) is 0 Å². The largest absolute Gasteiger partial charge is 0.488 e. The third kappa shape index (κ3) is 7.32. The number of benzene rings is 3. The summed E-state index contributed by atoms with van der Waals surface area (Å²) in [4.78, 5) is 48.6. The second-order valence-electron chi connectivity index (χ2n) is 18.4. The maximum absolute atomic E-state index is 15.8. The van der Waals surface area contributed by atoms with Crippen LogP contribution in [0, 0.1) is 33.9 Å². The van der Waals surface area contributed by atoms with Crippen molar-refractivity contribution in [3.05, 3.63) is 90.0 Å². The van der Waals surface area contributed by atoms with E-state index in [0.717, 1.165) is 80.4 Å². The SMILES string of the molecule is CC1(C)C(NC(=O)c2ccc(N3CCC(CN4CCC(n5ncc6c(N7CCC(=O)NC7=O)cccc65)CC4)CC3)c(F)c2)C(C)(C)C1Oc1ccc(C#N)c2ncccc12. The van der Waals surface area contributed by atoms with E-state index in [4.69, 9.17) is 9.84 Å². The molecule has 5 aromatic rings. The molecule has 2 N–H and O–H groups in total. The van der Waals surface area contributed by atoms with Crippen LogP contribution in [0.5, 0.6) is 5.75 Å². The first-order chi connectivity index (χ1) is 29.3. The van der Waals surface area contributed by atoms with Gasteiger partial charge in [0.1, 0.15) is 23.7 Å². The molecule has 3 aromatic carbocycles. The van der Waals surface area contributed by atoms with Gasteiger partial charge in [0, 0.05) is 85.1 Å².